The van der Waals surface area contributed by atoms with Gasteiger partial charge < -0.3 is 9.47 Å². The van der Waals surface area contributed by atoms with Crippen LogP contribution in [0.3, 0.4) is 0 Å². The lowest BCUT2D eigenvalue weighted by Crippen LogP contribution is -2.43. The Morgan fingerprint density at radius 2 is 1.84 bits per heavy atom. The first-order valence-corrected chi connectivity index (χ1v) is 6.75. The second-order valence-corrected chi connectivity index (χ2v) is 5.29. The molecule has 0 aromatic carbocycles. The summed E-state index contributed by atoms with van der Waals surface area (Å²) in [5.74, 6) is -0.814. The van der Waals surface area contributed by atoms with Crippen LogP contribution in [0.25, 0.3) is 0 Å². The molecule has 1 fully saturated rings. The molecule has 4 nitrogen and oxygen atoms in total. The third-order valence-electron chi connectivity index (χ3n) is 4.24. The summed E-state index contributed by atoms with van der Waals surface area (Å²) in [7, 11) is 0. The van der Waals surface area contributed by atoms with Crippen LogP contribution in [-0.2, 0) is 9.47 Å². The lowest BCUT2D eigenvalue weighted by atomic mass is 9.70. The topological polar surface area (TPSA) is 66.0 Å². The van der Waals surface area contributed by atoms with Gasteiger partial charge in [0.1, 0.15) is 0 Å². The van der Waals surface area contributed by atoms with Gasteiger partial charge in [-0.15, -0.1) is 0 Å². The van der Waals surface area contributed by atoms with Crippen molar-refractivity contribution in [2.45, 2.75) is 37.9 Å². The Kier molecular flexibility index (Phi) is 2.93. The van der Waals surface area contributed by atoms with Gasteiger partial charge in [-0.2, -0.15) is 10.5 Å². The van der Waals surface area contributed by atoms with Crippen molar-refractivity contribution in [2.75, 3.05) is 13.2 Å². The van der Waals surface area contributed by atoms with Crippen molar-refractivity contribution < 1.29 is 9.47 Å². The maximum absolute atomic E-state index is 9.60. The highest BCUT2D eigenvalue weighted by molar-refractivity contribution is 5.45. The van der Waals surface area contributed by atoms with Crippen LogP contribution in [0, 0.1) is 28.1 Å². The Balaban J connectivity index is 2.19. The summed E-state index contributed by atoms with van der Waals surface area (Å²) in [5, 5.41) is 19.2. The van der Waals surface area contributed by atoms with E-state index in [-0.39, 0.29) is 0 Å². The number of fused-ring (bicyclic) bond motifs is 1. The lowest BCUT2D eigenvalue weighted by Gasteiger charge is -2.40. The van der Waals surface area contributed by atoms with E-state index in [1.807, 2.05) is 6.08 Å². The Morgan fingerprint density at radius 3 is 2.53 bits per heavy atom. The Hall–Kier alpha value is -1.62. The van der Waals surface area contributed by atoms with Crippen molar-refractivity contribution >= 4 is 0 Å². The third-order valence-corrected chi connectivity index (χ3v) is 4.24. The van der Waals surface area contributed by atoms with Gasteiger partial charge in [0.2, 0.25) is 0 Å². The molecule has 0 aromatic heterocycles. The monoisotopic (exact) mass is 256 g/mol. The molecule has 3 rings (SSSR count). The van der Waals surface area contributed by atoms with Gasteiger partial charge in [0.05, 0.1) is 25.4 Å². The molecule has 0 atom stereocenters. The van der Waals surface area contributed by atoms with Crippen LogP contribution in [0.1, 0.15) is 32.1 Å². The largest absolute Gasteiger partial charge is 0.344 e. The number of ether oxygens (including phenoxy) is 2. The van der Waals surface area contributed by atoms with E-state index in [2.05, 4.69) is 18.2 Å². The zero-order valence-corrected chi connectivity index (χ0v) is 10.8. The highest BCUT2D eigenvalue weighted by Crippen LogP contribution is 2.51. The van der Waals surface area contributed by atoms with Gasteiger partial charge in [0, 0.05) is 18.4 Å². The van der Waals surface area contributed by atoms with Crippen molar-refractivity contribution in [3.63, 3.8) is 0 Å². The first kappa shape index (κ1) is 12.4. The zero-order valence-electron chi connectivity index (χ0n) is 10.8. The zero-order chi connectivity index (χ0) is 13.3. The number of hydrogen-bond acceptors (Lipinski definition) is 4. The molecule has 98 valence electrons. The molecule has 2 aliphatic carbocycles. The molecule has 19 heavy (non-hydrogen) atoms. The molecule has 1 aliphatic heterocycles. The SMILES string of the molecule is N#CC1(C#N)CC=CCC2=C1C1(CCC2)OCCO1. The molecule has 0 radical (unpaired) electrons. The summed E-state index contributed by atoms with van der Waals surface area (Å²) >= 11 is 0. The molecule has 0 unspecified atom stereocenters. The van der Waals surface area contributed by atoms with Crippen molar-refractivity contribution in [2.24, 2.45) is 5.41 Å². The van der Waals surface area contributed by atoms with E-state index in [0.29, 0.717) is 19.6 Å². The third kappa shape index (κ3) is 1.72. The van der Waals surface area contributed by atoms with Crippen molar-refractivity contribution in [3.8, 4) is 12.1 Å². The van der Waals surface area contributed by atoms with Gasteiger partial charge in [-0.1, -0.05) is 17.7 Å². The first-order valence-electron chi connectivity index (χ1n) is 6.75. The molecule has 0 saturated carbocycles. The van der Waals surface area contributed by atoms with Crippen LogP contribution in [0.5, 0.6) is 0 Å². The van der Waals surface area contributed by atoms with Crippen molar-refractivity contribution in [1.82, 2.24) is 0 Å². The fourth-order valence-corrected chi connectivity index (χ4v) is 3.44. The molecule has 3 aliphatic rings. The lowest BCUT2D eigenvalue weighted by molar-refractivity contribution is -0.142. The van der Waals surface area contributed by atoms with Gasteiger partial charge in [0.15, 0.2) is 11.2 Å². The summed E-state index contributed by atoms with van der Waals surface area (Å²) in [6, 6.07) is 4.45. The maximum atomic E-state index is 9.60. The average Bonchev–Trinajstić information content (AvgIpc) is 2.80. The Bertz CT molecular complexity index is 513. The van der Waals surface area contributed by atoms with Gasteiger partial charge in [-0.25, -0.2) is 0 Å². The van der Waals surface area contributed by atoms with E-state index >= 15 is 0 Å². The van der Waals surface area contributed by atoms with Crippen LogP contribution < -0.4 is 0 Å². The van der Waals surface area contributed by atoms with Gasteiger partial charge in [-0.05, 0) is 19.3 Å². The van der Waals surface area contributed by atoms with E-state index in [1.54, 1.807) is 0 Å². The normalized spacial score (nSPS) is 27.5. The van der Waals surface area contributed by atoms with E-state index in [1.165, 1.54) is 0 Å². The minimum absolute atomic E-state index is 0.424. The minimum Gasteiger partial charge on any atom is -0.344 e. The Morgan fingerprint density at radius 1 is 1.11 bits per heavy atom. The van der Waals surface area contributed by atoms with Crippen molar-refractivity contribution in [3.05, 3.63) is 23.3 Å². The van der Waals surface area contributed by atoms with Crippen LogP contribution in [0.15, 0.2) is 23.3 Å². The fraction of sp³-hybridized carbons (Fsp3) is 0.600. The van der Waals surface area contributed by atoms with Gasteiger partial charge in [-0.3, -0.25) is 0 Å². The first-order chi connectivity index (χ1) is 9.26. The maximum Gasteiger partial charge on any atom is 0.193 e. The average molecular weight is 256 g/mol. The second-order valence-electron chi connectivity index (χ2n) is 5.29. The molecule has 0 aromatic rings. The van der Waals surface area contributed by atoms with Gasteiger partial charge in [0.25, 0.3) is 0 Å². The highest BCUT2D eigenvalue weighted by Gasteiger charge is 2.53. The number of nitrogens with zero attached hydrogens (tertiary/aromatic N) is 2. The van der Waals surface area contributed by atoms with Crippen molar-refractivity contribution in [1.29, 1.82) is 10.5 Å². The molecular formula is C15H16N2O2. The molecule has 1 heterocycles. The number of hydrogen-bond donors (Lipinski definition) is 0. The standard InChI is InChI=1S/C15H16N2O2/c16-10-14(11-17)6-2-1-4-12-5-3-7-15(13(12)14)18-8-9-19-15/h1-2H,3-9H2. The summed E-state index contributed by atoms with van der Waals surface area (Å²) < 4.78 is 11.7. The predicted molar refractivity (Wildman–Crippen MR) is 67.5 cm³/mol. The van der Waals surface area contributed by atoms with E-state index in [4.69, 9.17) is 9.47 Å². The Labute approximate surface area is 112 Å². The summed E-state index contributed by atoms with van der Waals surface area (Å²) in [4.78, 5) is 0. The smallest absolute Gasteiger partial charge is 0.193 e. The molecule has 0 bridgehead atoms. The summed E-state index contributed by atoms with van der Waals surface area (Å²) in [5.41, 5.74) is 0.830. The highest BCUT2D eigenvalue weighted by atomic mass is 16.7. The number of allylic oxidation sites excluding steroid dienone is 3. The molecule has 0 N–H and O–H groups in total. The molecular weight excluding hydrogens is 240 g/mol. The molecule has 1 spiro atoms. The minimum atomic E-state index is -1.13. The summed E-state index contributed by atoms with van der Waals surface area (Å²) in [6.07, 6.45) is 7.88. The van der Waals surface area contributed by atoms with Gasteiger partial charge >= 0.3 is 0 Å². The van der Waals surface area contributed by atoms with Crippen LogP contribution in [0.4, 0.5) is 0 Å². The fourth-order valence-electron chi connectivity index (χ4n) is 3.44. The van der Waals surface area contributed by atoms with Crippen LogP contribution in [0.2, 0.25) is 0 Å². The number of rotatable bonds is 0. The number of nitriles is 2. The molecule has 1 saturated heterocycles. The molecule has 0 amide bonds. The van der Waals surface area contributed by atoms with E-state index < -0.39 is 11.2 Å². The summed E-state index contributed by atoms with van der Waals surface area (Å²) in [6.45, 7) is 1.08. The predicted octanol–water partition coefficient (Wildman–Crippen LogP) is 2.59. The van der Waals surface area contributed by atoms with Crippen LogP contribution >= 0.6 is 0 Å². The quantitative estimate of drug-likeness (QED) is 0.625. The van der Waals surface area contributed by atoms with E-state index in [9.17, 15) is 10.5 Å². The van der Waals surface area contributed by atoms with Crippen LogP contribution in [-0.4, -0.2) is 19.0 Å². The molecule has 4 heteroatoms. The van der Waals surface area contributed by atoms with E-state index in [0.717, 1.165) is 36.8 Å². The second kappa shape index (κ2) is 4.49.